The SMILES string of the molecule is CN=C(NCCN1CCC(C)CC1)NC(C)(C)C.I. The van der Waals surface area contributed by atoms with Gasteiger partial charge in [-0.3, -0.25) is 4.99 Å². The third-order valence-corrected chi connectivity index (χ3v) is 3.31. The molecule has 1 aliphatic rings. The van der Waals surface area contributed by atoms with Gasteiger partial charge in [-0.2, -0.15) is 0 Å². The van der Waals surface area contributed by atoms with E-state index in [1.54, 1.807) is 0 Å². The number of hydrogen-bond donors (Lipinski definition) is 2. The molecule has 0 aromatic rings. The van der Waals surface area contributed by atoms with Crippen LogP contribution in [0.1, 0.15) is 40.5 Å². The molecule has 0 bridgehead atoms. The topological polar surface area (TPSA) is 39.7 Å². The van der Waals surface area contributed by atoms with E-state index in [4.69, 9.17) is 0 Å². The number of halogens is 1. The second kappa shape index (κ2) is 9.00. The summed E-state index contributed by atoms with van der Waals surface area (Å²) in [6.07, 6.45) is 2.68. The largest absolute Gasteiger partial charge is 0.355 e. The fourth-order valence-electron chi connectivity index (χ4n) is 2.15. The maximum atomic E-state index is 4.24. The van der Waals surface area contributed by atoms with Gasteiger partial charge in [0.2, 0.25) is 0 Å². The van der Waals surface area contributed by atoms with Crippen molar-refractivity contribution >= 4 is 29.9 Å². The van der Waals surface area contributed by atoms with Crippen LogP contribution in [0, 0.1) is 5.92 Å². The first kappa shape index (κ1) is 19.0. The van der Waals surface area contributed by atoms with Crippen molar-refractivity contribution in [3.63, 3.8) is 0 Å². The predicted octanol–water partition coefficient (Wildman–Crippen LogP) is 2.30. The van der Waals surface area contributed by atoms with Gasteiger partial charge in [0, 0.05) is 25.7 Å². The van der Waals surface area contributed by atoms with Crippen molar-refractivity contribution in [2.24, 2.45) is 10.9 Å². The molecule has 114 valence electrons. The smallest absolute Gasteiger partial charge is 0.191 e. The van der Waals surface area contributed by atoms with Crippen LogP contribution >= 0.6 is 24.0 Å². The molecule has 0 aliphatic carbocycles. The average molecular weight is 382 g/mol. The van der Waals surface area contributed by atoms with Gasteiger partial charge in [0.15, 0.2) is 5.96 Å². The Labute approximate surface area is 135 Å². The van der Waals surface area contributed by atoms with E-state index in [-0.39, 0.29) is 29.5 Å². The van der Waals surface area contributed by atoms with Crippen LogP contribution in [0.15, 0.2) is 4.99 Å². The summed E-state index contributed by atoms with van der Waals surface area (Å²) in [4.78, 5) is 6.78. The van der Waals surface area contributed by atoms with Crippen LogP contribution in [-0.2, 0) is 0 Å². The van der Waals surface area contributed by atoms with E-state index in [1.165, 1.54) is 25.9 Å². The Kier molecular flexibility index (Phi) is 8.98. The first-order valence-electron chi connectivity index (χ1n) is 7.12. The number of nitrogens with zero attached hydrogens (tertiary/aromatic N) is 2. The summed E-state index contributed by atoms with van der Waals surface area (Å²) in [5.74, 6) is 1.80. The van der Waals surface area contributed by atoms with Gasteiger partial charge in [0.1, 0.15) is 0 Å². The van der Waals surface area contributed by atoms with E-state index < -0.39 is 0 Å². The molecular formula is C14H31IN4. The van der Waals surface area contributed by atoms with Gasteiger partial charge in [-0.05, 0) is 52.6 Å². The minimum atomic E-state index is 0. The lowest BCUT2D eigenvalue weighted by Gasteiger charge is -2.30. The van der Waals surface area contributed by atoms with Crippen LogP contribution in [0.3, 0.4) is 0 Å². The molecule has 2 N–H and O–H groups in total. The molecule has 0 atom stereocenters. The standard InChI is InChI=1S/C14H30N4.HI/c1-12-6-9-18(10-7-12)11-8-16-13(15-5)17-14(2,3)4;/h12H,6-11H2,1-5H3,(H2,15,16,17);1H. The van der Waals surface area contributed by atoms with Crippen molar-refractivity contribution in [2.75, 3.05) is 33.2 Å². The van der Waals surface area contributed by atoms with E-state index in [2.05, 4.69) is 48.2 Å². The number of piperidine rings is 1. The molecule has 0 radical (unpaired) electrons. The number of likely N-dealkylation sites (tertiary alicyclic amines) is 1. The van der Waals surface area contributed by atoms with Crippen LogP contribution in [0.4, 0.5) is 0 Å². The summed E-state index contributed by atoms with van der Waals surface area (Å²) in [6, 6.07) is 0. The highest BCUT2D eigenvalue weighted by atomic mass is 127. The fraction of sp³-hybridized carbons (Fsp3) is 0.929. The molecule has 1 fully saturated rings. The Bertz CT molecular complexity index is 265. The molecule has 1 rings (SSSR count). The molecule has 19 heavy (non-hydrogen) atoms. The zero-order chi connectivity index (χ0) is 13.6. The lowest BCUT2D eigenvalue weighted by atomic mass is 9.99. The molecule has 0 spiro atoms. The molecule has 1 heterocycles. The molecular weight excluding hydrogens is 351 g/mol. The van der Waals surface area contributed by atoms with Gasteiger partial charge in [-0.1, -0.05) is 6.92 Å². The number of hydrogen-bond acceptors (Lipinski definition) is 2. The molecule has 0 unspecified atom stereocenters. The highest BCUT2D eigenvalue weighted by Gasteiger charge is 2.15. The zero-order valence-corrected chi connectivity index (χ0v) is 15.5. The molecule has 1 aliphatic heterocycles. The Hall–Kier alpha value is -0.0400. The van der Waals surface area contributed by atoms with Gasteiger partial charge < -0.3 is 15.5 Å². The Balaban J connectivity index is 0.00000324. The van der Waals surface area contributed by atoms with Crippen LogP contribution < -0.4 is 10.6 Å². The molecule has 0 amide bonds. The van der Waals surface area contributed by atoms with Crippen molar-refractivity contribution in [1.29, 1.82) is 0 Å². The summed E-state index contributed by atoms with van der Waals surface area (Å²) in [5.41, 5.74) is 0.0579. The quantitative estimate of drug-likeness (QED) is 0.447. The third kappa shape index (κ3) is 8.68. The van der Waals surface area contributed by atoms with Crippen LogP contribution in [0.5, 0.6) is 0 Å². The highest BCUT2D eigenvalue weighted by Crippen LogP contribution is 2.14. The van der Waals surface area contributed by atoms with Gasteiger partial charge >= 0.3 is 0 Å². The van der Waals surface area contributed by atoms with Crippen molar-refractivity contribution in [2.45, 2.75) is 46.1 Å². The number of guanidine groups is 1. The highest BCUT2D eigenvalue weighted by molar-refractivity contribution is 14.0. The third-order valence-electron chi connectivity index (χ3n) is 3.31. The summed E-state index contributed by atoms with van der Waals surface area (Å²) in [5, 5.41) is 6.75. The Morgan fingerprint density at radius 2 is 1.84 bits per heavy atom. The van der Waals surface area contributed by atoms with Crippen LogP contribution in [0.2, 0.25) is 0 Å². The van der Waals surface area contributed by atoms with E-state index in [0.29, 0.717) is 0 Å². The zero-order valence-electron chi connectivity index (χ0n) is 13.1. The van der Waals surface area contributed by atoms with Gasteiger partial charge in [-0.15, -0.1) is 24.0 Å². The van der Waals surface area contributed by atoms with Crippen LogP contribution in [-0.4, -0.2) is 49.6 Å². The molecule has 1 saturated heterocycles. The van der Waals surface area contributed by atoms with Crippen molar-refractivity contribution < 1.29 is 0 Å². The molecule has 5 heteroatoms. The van der Waals surface area contributed by atoms with Crippen molar-refractivity contribution in [1.82, 2.24) is 15.5 Å². The number of rotatable bonds is 3. The molecule has 0 saturated carbocycles. The maximum Gasteiger partial charge on any atom is 0.191 e. The molecule has 0 aromatic heterocycles. The van der Waals surface area contributed by atoms with E-state index >= 15 is 0 Å². The molecule has 0 aromatic carbocycles. The van der Waals surface area contributed by atoms with Crippen molar-refractivity contribution in [3.05, 3.63) is 0 Å². The van der Waals surface area contributed by atoms with Gasteiger partial charge in [0.05, 0.1) is 0 Å². The van der Waals surface area contributed by atoms with E-state index in [0.717, 1.165) is 25.0 Å². The maximum absolute atomic E-state index is 4.24. The Morgan fingerprint density at radius 1 is 1.26 bits per heavy atom. The lowest BCUT2D eigenvalue weighted by Crippen LogP contribution is -2.49. The summed E-state index contributed by atoms with van der Waals surface area (Å²) >= 11 is 0. The lowest BCUT2D eigenvalue weighted by molar-refractivity contribution is 0.195. The van der Waals surface area contributed by atoms with Crippen LogP contribution in [0.25, 0.3) is 0 Å². The first-order chi connectivity index (χ1) is 8.40. The average Bonchev–Trinajstić information content (AvgIpc) is 2.29. The minimum Gasteiger partial charge on any atom is -0.355 e. The number of nitrogens with one attached hydrogen (secondary N) is 2. The summed E-state index contributed by atoms with van der Waals surface area (Å²) in [6.45, 7) is 13.3. The van der Waals surface area contributed by atoms with E-state index in [9.17, 15) is 0 Å². The predicted molar refractivity (Wildman–Crippen MR) is 94.5 cm³/mol. The van der Waals surface area contributed by atoms with Gasteiger partial charge in [0.25, 0.3) is 0 Å². The van der Waals surface area contributed by atoms with Gasteiger partial charge in [-0.25, -0.2) is 0 Å². The second-order valence-corrected chi connectivity index (χ2v) is 6.40. The van der Waals surface area contributed by atoms with E-state index in [1.807, 2.05) is 7.05 Å². The number of aliphatic imine (C=N–C) groups is 1. The fourth-order valence-corrected chi connectivity index (χ4v) is 2.15. The Morgan fingerprint density at radius 3 is 2.32 bits per heavy atom. The normalized spacial score (nSPS) is 18.9. The monoisotopic (exact) mass is 382 g/mol. The first-order valence-corrected chi connectivity index (χ1v) is 7.12. The summed E-state index contributed by atoms with van der Waals surface area (Å²) < 4.78 is 0. The molecule has 4 nitrogen and oxygen atoms in total. The summed E-state index contributed by atoms with van der Waals surface area (Å²) in [7, 11) is 1.82. The minimum absolute atomic E-state index is 0. The van der Waals surface area contributed by atoms with Crippen molar-refractivity contribution in [3.8, 4) is 0 Å². The second-order valence-electron chi connectivity index (χ2n) is 6.40.